The van der Waals surface area contributed by atoms with E-state index in [1.165, 1.54) is 5.56 Å². The van der Waals surface area contributed by atoms with Crippen LogP contribution in [0.2, 0.25) is 0 Å². The molecule has 2 aromatic heterocycles. The van der Waals surface area contributed by atoms with Gasteiger partial charge in [-0.05, 0) is 60.7 Å². The normalized spacial score (nSPS) is 14.9. The second-order valence-corrected chi connectivity index (χ2v) is 7.78. The lowest BCUT2D eigenvalue weighted by Crippen LogP contribution is -2.38. The van der Waals surface area contributed by atoms with Crippen molar-refractivity contribution < 1.29 is 9.21 Å². The van der Waals surface area contributed by atoms with E-state index in [4.69, 9.17) is 4.42 Å². The molecule has 6 nitrogen and oxygen atoms in total. The Morgan fingerprint density at radius 2 is 1.83 bits per heavy atom. The SMILES string of the molecule is CC(C)c1ccc(NC(=O)C2CCN(c3ccc(-c4ccco4)nn3)CC2)cc1. The van der Waals surface area contributed by atoms with Crippen LogP contribution >= 0.6 is 0 Å². The number of aromatic nitrogens is 2. The number of piperidine rings is 1. The molecule has 3 aromatic rings. The third-order valence-electron chi connectivity index (χ3n) is 5.46. The molecule has 29 heavy (non-hydrogen) atoms. The molecule has 6 heteroatoms. The minimum Gasteiger partial charge on any atom is -0.463 e. The molecule has 0 radical (unpaired) electrons. The number of furan rings is 1. The summed E-state index contributed by atoms with van der Waals surface area (Å²) in [6, 6.07) is 15.7. The summed E-state index contributed by atoms with van der Waals surface area (Å²) in [6.07, 6.45) is 3.23. The summed E-state index contributed by atoms with van der Waals surface area (Å²) in [5.41, 5.74) is 2.85. The molecule has 1 amide bonds. The fourth-order valence-corrected chi connectivity index (χ4v) is 3.62. The molecule has 0 atom stereocenters. The number of nitrogens with one attached hydrogen (secondary N) is 1. The fourth-order valence-electron chi connectivity index (χ4n) is 3.62. The number of hydrogen-bond donors (Lipinski definition) is 1. The molecular formula is C23H26N4O2. The Bertz CT molecular complexity index is 926. The molecule has 0 bridgehead atoms. The molecule has 1 aliphatic rings. The molecule has 1 fully saturated rings. The van der Waals surface area contributed by atoms with E-state index in [-0.39, 0.29) is 11.8 Å². The number of anilines is 2. The molecule has 4 rings (SSSR count). The van der Waals surface area contributed by atoms with E-state index < -0.39 is 0 Å². The van der Waals surface area contributed by atoms with Gasteiger partial charge in [-0.25, -0.2) is 0 Å². The first-order valence-electron chi connectivity index (χ1n) is 10.1. The van der Waals surface area contributed by atoms with Gasteiger partial charge in [0, 0.05) is 24.7 Å². The molecule has 3 heterocycles. The van der Waals surface area contributed by atoms with Crippen LogP contribution in [0.15, 0.2) is 59.2 Å². The summed E-state index contributed by atoms with van der Waals surface area (Å²) < 4.78 is 5.35. The van der Waals surface area contributed by atoms with Crippen molar-refractivity contribution in [2.45, 2.75) is 32.6 Å². The second-order valence-electron chi connectivity index (χ2n) is 7.78. The molecule has 0 saturated carbocycles. The Balaban J connectivity index is 1.31. The Morgan fingerprint density at radius 3 is 2.41 bits per heavy atom. The van der Waals surface area contributed by atoms with Crippen LogP contribution in [0.5, 0.6) is 0 Å². The van der Waals surface area contributed by atoms with Crippen LogP contribution in [-0.2, 0) is 4.79 Å². The van der Waals surface area contributed by atoms with Gasteiger partial charge < -0.3 is 14.6 Å². The van der Waals surface area contributed by atoms with Crippen LogP contribution in [0.25, 0.3) is 11.5 Å². The van der Waals surface area contributed by atoms with Gasteiger partial charge in [0.1, 0.15) is 5.69 Å². The van der Waals surface area contributed by atoms with Gasteiger partial charge in [-0.2, -0.15) is 0 Å². The van der Waals surface area contributed by atoms with E-state index >= 15 is 0 Å². The van der Waals surface area contributed by atoms with Gasteiger partial charge >= 0.3 is 0 Å². The Labute approximate surface area is 170 Å². The zero-order valence-electron chi connectivity index (χ0n) is 16.8. The average Bonchev–Trinajstić information content (AvgIpc) is 3.29. The zero-order valence-corrected chi connectivity index (χ0v) is 16.8. The van der Waals surface area contributed by atoms with Crippen LogP contribution < -0.4 is 10.2 Å². The van der Waals surface area contributed by atoms with Gasteiger partial charge in [0.2, 0.25) is 5.91 Å². The Morgan fingerprint density at radius 1 is 1.07 bits per heavy atom. The monoisotopic (exact) mass is 390 g/mol. The predicted molar refractivity (Wildman–Crippen MR) is 114 cm³/mol. The molecule has 1 N–H and O–H groups in total. The van der Waals surface area contributed by atoms with Gasteiger partial charge in [0.05, 0.1) is 6.26 Å². The van der Waals surface area contributed by atoms with Gasteiger partial charge in [-0.3, -0.25) is 4.79 Å². The molecule has 150 valence electrons. The summed E-state index contributed by atoms with van der Waals surface area (Å²) in [5.74, 6) is 2.15. The second kappa shape index (κ2) is 8.47. The van der Waals surface area contributed by atoms with Gasteiger partial charge in [0.15, 0.2) is 11.6 Å². The maximum atomic E-state index is 12.6. The standard InChI is InChI=1S/C23H26N4O2/c1-16(2)17-5-7-19(8-6-17)24-23(28)18-11-13-27(14-12-18)22-10-9-20(25-26-22)21-4-3-15-29-21/h3-10,15-16,18H,11-14H2,1-2H3,(H,24,28). The minimum atomic E-state index is 0.0198. The topological polar surface area (TPSA) is 71.3 Å². The van der Waals surface area contributed by atoms with Crippen molar-refractivity contribution in [3.63, 3.8) is 0 Å². The fraction of sp³-hybridized carbons (Fsp3) is 0.348. The lowest BCUT2D eigenvalue weighted by molar-refractivity contribution is -0.120. The number of carbonyl (C=O) groups excluding carboxylic acids is 1. The van der Waals surface area contributed by atoms with Crippen molar-refractivity contribution in [3.8, 4) is 11.5 Å². The molecule has 0 spiro atoms. The van der Waals surface area contributed by atoms with Crippen molar-refractivity contribution in [2.75, 3.05) is 23.3 Å². The van der Waals surface area contributed by atoms with Crippen LogP contribution in [-0.4, -0.2) is 29.2 Å². The van der Waals surface area contributed by atoms with E-state index in [2.05, 4.69) is 46.4 Å². The molecule has 0 aliphatic carbocycles. The number of hydrogen-bond acceptors (Lipinski definition) is 5. The molecule has 0 unspecified atom stereocenters. The van der Waals surface area contributed by atoms with Crippen molar-refractivity contribution in [2.24, 2.45) is 5.92 Å². The Hall–Kier alpha value is -3.15. The lowest BCUT2D eigenvalue weighted by Gasteiger charge is -2.31. The summed E-state index contributed by atoms with van der Waals surface area (Å²) in [7, 11) is 0. The highest BCUT2D eigenvalue weighted by Crippen LogP contribution is 2.25. The van der Waals surface area contributed by atoms with E-state index in [9.17, 15) is 4.79 Å². The first kappa shape index (κ1) is 19.2. The first-order chi connectivity index (χ1) is 14.1. The maximum absolute atomic E-state index is 12.6. The number of rotatable bonds is 5. The van der Waals surface area contributed by atoms with Gasteiger partial charge in [-0.1, -0.05) is 26.0 Å². The molecule has 1 aliphatic heterocycles. The highest BCUT2D eigenvalue weighted by atomic mass is 16.3. The summed E-state index contributed by atoms with van der Waals surface area (Å²) in [5, 5.41) is 11.7. The van der Waals surface area contributed by atoms with E-state index in [1.54, 1.807) is 6.26 Å². The summed E-state index contributed by atoms with van der Waals surface area (Å²) in [6.45, 7) is 5.91. The van der Waals surface area contributed by atoms with E-state index in [0.717, 1.165) is 43.1 Å². The third-order valence-corrected chi connectivity index (χ3v) is 5.46. The van der Waals surface area contributed by atoms with Crippen LogP contribution in [0.1, 0.15) is 38.2 Å². The smallest absolute Gasteiger partial charge is 0.227 e. The third kappa shape index (κ3) is 4.47. The largest absolute Gasteiger partial charge is 0.463 e. The number of benzene rings is 1. The Kier molecular flexibility index (Phi) is 5.60. The van der Waals surface area contributed by atoms with Crippen LogP contribution in [0.4, 0.5) is 11.5 Å². The quantitative estimate of drug-likeness (QED) is 0.683. The van der Waals surface area contributed by atoms with Crippen molar-refractivity contribution >= 4 is 17.4 Å². The van der Waals surface area contributed by atoms with Crippen molar-refractivity contribution in [1.82, 2.24) is 10.2 Å². The number of amides is 1. The van der Waals surface area contributed by atoms with E-state index in [0.29, 0.717) is 11.7 Å². The highest BCUT2D eigenvalue weighted by Gasteiger charge is 2.26. The molecule has 1 saturated heterocycles. The van der Waals surface area contributed by atoms with Gasteiger partial charge in [0.25, 0.3) is 0 Å². The zero-order chi connectivity index (χ0) is 20.2. The number of nitrogens with zero attached hydrogens (tertiary/aromatic N) is 3. The van der Waals surface area contributed by atoms with Gasteiger partial charge in [-0.15, -0.1) is 10.2 Å². The maximum Gasteiger partial charge on any atom is 0.227 e. The van der Waals surface area contributed by atoms with Crippen molar-refractivity contribution in [3.05, 3.63) is 60.4 Å². The first-order valence-corrected chi connectivity index (χ1v) is 10.1. The lowest BCUT2D eigenvalue weighted by atomic mass is 9.95. The van der Waals surface area contributed by atoms with Crippen LogP contribution in [0.3, 0.4) is 0 Å². The van der Waals surface area contributed by atoms with Crippen molar-refractivity contribution in [1.29, 1.82) is 0 Å². The molecular weight excluding hydrogens is 364 g/mol. The molecule has 1 aromatic carbocycles. The highest BCUT2D eigenvalue weighted by molar-refractivity contribution is 5.92. The summed E-state index contributed by atoms with van der Waals surface area (Å²) in [4.78, 5) is 14.8. The predicted octanol–water partition coefficient (Wildman–Crippen LogP) is 4.72. The minimum absolute atomic E-state index is 0.0198. The van der Waals surface area contributed by atoms with E-state index in [1.807, 2.05) is 36.4 Å². The summed E-state index contributed by atoms with van der Waals surface area (Å²) >= 11 is 0. The number of carbonyl (C=O) groups is 1. The van der Waals surface area contributed by atoms with Crippen LogP contribution in [0, 0.1) is 5.92 Å². The average molecular weight is 390 g/mol.